The van der Waals surface area contributed by atoms with Crippen molar-refractivity contribution in [3.8, 4) is 0 Å². The molecule has 0 saturated heterocycles. The molecule has 3 aromatic heterocycles. The second kappa shape index (κ2) is 8.35. The number of nitrogens with zero attached hydrogens (tertiary/aromatic N) is 2. The lowest BCUT2D eigenvalue weighted by molar-refractivity contribution is -0.148. The van der Waals surface area contributed by atoms with Crippen LogP contribution < -0.4 is 10.9 Å². The van der Waals surface area contributed by atoms with E-state index in [0.717, 1.165) is 5.56 Å². The van der Waals surface area contributed by atoms with E-state index < -0.39 is 12.0 Å². The maximum absolute atomic E-state index is 12.5. The van der Waals surface area contributed by atoms with Crippen molar-refractivity contribution in [2.45, 2.75) is 33.4 Å². The van der Waals surface area contributed by atoms with Crippen molar-refractivity contribution < 1.29 is 14.3 Å². The van der Waals surface area contributed by atoms with Gasteiger partial charge in [0.2, 0.25) is 0 Å². The second-order valence-electron chi connectivity index (χ2n) is 6.80. The number of rotatable bonds is 6. The molecule has 28 heavy (non-hydrogen) atoms. The highest BCUT2D eigenvalue weighted by Gasteiger charge is 2.26. The van der Waals surface area contributed by atoms with Gasteiger partial charge in [0, 0.05) is 12.3 Å². The third-order valence-electron chi connectivity index (χ3n) is 4.18. The van der Waals surface area contributed by atoms with Gasteiger partial charge in [-0.2, -0.15) is 0 Å². The third-order valence-corrected chi connectivity index (χ3v) is 5.04. The van der Waals surface area contributed by atoms with E-state index in [1.54, 1.807) is 29.8 Å². The molecule has 8 heteroatoms. The number of carbonyl (C=O) groups is 2. The van der Waals surface area contributed by atoms with Crippen molar-refractivity contribution >= 4 is 28.9 Å². The van der Waals surface area contributed by atoms with Gasteiger partial charge in [-0.15, -0.1) is 11.3 Å². The quantitative estimate of drug-likeness (QED) is 0.644. The number of aromatic nitrogens is 2. The minimum Gasteiger partial charge on any atom is -0.458 e. The second-order valence-corrected chi connectivity index (χ2v) is 7.75. The molecule has 146 valence electrons. The Morgan fingerprint density at radius 2 is 2.07 bits per heavy atom. The van der Waals surface area contributed by atoms with E-state index in [4.69, 9.17) is 4.74 Å². The Morgan fingerprint density at radius 1 is 1.29 bits per heavy atom. The molecule has 1 atom stereocenters. The number of ether oxygens (including phenoxy) is 1. The molecule has 1 N–H and O–H groups in total. The Hall–Kier alpha value is -3.00. The first-order valence-electron chi connectivity index (χ1n) is 8.85. The van der Waals surface area contributed by atoms with Gasteiger partial charge in [0.15, 0.2) is 0 Å². The highest BCUT2D eigenvalue weighted by molar-refractivity contribution is 7.12. The summed E-state index contributed by atoms with van der Waals surface area (Å²) in [5.41, 5.74) is 1.54. The maximum atomic E-state index is 12.5. The zero-order valence-electron chi connectivity index (χ0n) is 15.8. The number of esters is 1. The Bertz CT molecular complexity index is 1060. The van der Waals surface area contributed by atoms with Crippen LogP contribution in [0.2, 0.25) is 0 Å². The predicted octanol–water partition coefficient (Wildman–Crippen LogP) is 2.56. The van der Waals surface area contributed by atoms with Crippen LogP contribution in [0.15, 0.2) is 46.7 Å². The standard InChI is InChI=1S/C20H21N3O4S/c1-12(2)18(22-19(25)15-5-4-8-28-15)20(26)27-11-14-9-17(24)23-10-13(3)6-7-16(23)21-14/h4-10,12,18H,11H2,1-3H3,(H,22,25). The third kappa shape index (κ3) is 4.45. The average molecular weight is 399 g/mol. The Balaban J connectivity index is 1.70. The molecule has 0 radical (unpaired) electrons. The summed E-state index contributed by atoms with van der Waals surface area (Å²) in [7, 11) is 0. The van der Waals surface area contributed by atoms with Gasteiger partial charge in [-0.25, -0.2) is 9.78 Å². The summed E-state index contributed by atoms with van der Waals surface area (Å²) in [6.07, 6.45) is 1.70. The molecule has 3 rings (SSSR count). The number of hydrogen-bond acceptors (Lipinski definition) is 6. The molecule has 0 aliphatic carbocycles. The number of pyridine rings is 1. The van der Waals surface area contributed by atoms with Gasteiger partial charge in [-0.3, -0.25) is 14.0 Å². The van der Waals surface area contributed by atoms with Gasteiger partial charge in [-0.05, 0) is 35.9 Å². The fraction of sp³-hybridized carbons (Fsp3) is 0.300. The number of amides is 1. The van der Waals surface area contributed by atoms with Gasteiger partial charge in [-0.1, -0.05) is 26.0 Å². The summed E-state index contributed by atoms with van der Waals surface area (Å²) in [5, 5.41) is 4.51. The van der Waals surface area contributed by atoms with E-state index in [1.165, 1.54) is 21.8 Å². The molecule has 3 heterocycles. The lowest BCUT2D eigenvalue weighted by Gasteiger charge is -2.20. The van der Waals surface area contributed by atoms with E-state index in [-0.39, 0.29) is 24.0 Å². The molecule has 7 nitrogen and oxygen atoms in total. The fourth-order valence-corrected chi connectivity index (χ4v) is 3.31. The van der Waals surface area contributed by atoms with Crippen molar-refractivity contribution in [2.75, 3.05) is 0 Å². The van der Waals surface area contributed by atoms with Crippen molar-refractivity contribution in [1.82, 2.24) is 14.7 Å². The molecule has 3 aromatic rings. The van der Waals surface area contributed by atoms with Gasteiger partial charge >= 0.3 is 5.97 Å². The first-order valence-corrected chi connectivity index (χ1v) is 9.73. The highest BCUT2D eigenvalue weighted by Crippen LogP contribution is 2.12. The van der Waals surface area contributed by atoms with Crippen molar-refractivity contribution in [2.24, 2.45) is 5.92 Å². The molecule has 0 saturated carbocycles. The van der Waals surface area contributed by atoms with E-state index in [1.807, 2.05) is 26.8 Å². The number of aryl methyl sites for hydroxylation is 1. The van der Waals surface area contributed by atoms with E-state index >= 15 is 0 Å². The van der Waals surface area contributed by atoms with Crippen LogP contribution in [0.25, 0.3) is 5.65 Å². The van der Waals surface area contributed by atoms with Crippen LogP contribution in [0.5, 0.6) is 0 Å². The molecule has 0 aliphatic rings. The zero-order chi connectivity index (χ0) is 20.3. The summed E-state index contributed by atoms with van der Waals surface area (Å²) in [6.45, 7) is 5.39. The fourth-order valence-electron chi connectivity index (χ4n) is 2.68. The molecule has 0 spiro atoms. The Labute approximate surface area is 166 Å². The van der Waals surface area contributed by atoms with Gasteiger partial charge in [0.05, 0.1) is 10.6 Å². The molecular formula is C20H21N3O4S. The maximum Gasteiger partial charge on any atom is 0.329 e. The molecule has 0 fully saturated rings. The van der Waals surface area contributed by atoms with Gasteiger partial charge in [0.25, 0.3) is 11.5 Å². The number of hydrogen-bond donors (Lipinski definition) is 1. The van der Waals surface area contributed by atoms with Crippen LogP contribution in [-0.2, 0) is 16.1 Å². The Morgan fingerprint density at radius 3 is 2.75 bits per heavy atom. The van der Waals surface area contributed by atoms with E-state index in [0.29, 0.717) is 16.2 Å². The largest absolute Gasteiger partial charge is 0.458 e. The van der Waals surface area contributed by atoms with Crippen LogP contribution in [0.4, 0.5) is 0 Å². The normalized spacial score (nSPS) is 12.1. The van der Waals surface area contributed by atoms with Gasteiger partial charge < -0.3 is 10.1 Å². The summed E-state index contributed by atoms with van der Waals surface area (Å²) >= 11 is 1.30. The van der Waals surface area contributed by atoms with E-state index in [2.05, 4.69) is 10.3 Å². The highest BCUT2D eigenvalue weighted by atomic mass is 32.1. The minimum atomic E-state index is -0.793. The lowest BCUT2D eigenvalue weighted by Crippen LogP contribution is -2.45. The number of nitrogens with one attached hydrogen (secondary N) is 1. The number of thiophene rings is 1. The van der Waals surface area contributed by atoms with Crippen molar-refractivity contribution in [3.05, 3.63) is 68.4 Å². The number of fused-ring (bicyclic) bond motifs is 1. The van der Waals surface area contributed by atoms with Gasteiger partial charge in [0.1, 0.15) is 18.3 Å². The number of carbonyl (C=O) groups excluding carboxylic acids is 2. The monoisotopic (exact) mass is 399 g/mol. The van der Waals surface area contributed by atoms with Crippen LogP contribution in [0, 0.1) is 12.8 Å². The van der Waals surface area contributed by atoms with Crippen molar-refractivity contribution in [3.63, 3.8) is 0 Å². The topological polar surface area (TPSA) is 89.8 Å². The molecule has 0 aliphatic heterocycles. The zero-order valence-corrected chi connectivity index (χ0v) is 16.7. The molecule has 1 amide bonds. The molecule has 0 aromatic carbocycles. The first kappa shape index (κ1) is 19.8. The van der Waals surface area contributed by atoms with Crippen LogP contribution in [0.3, 0.4) is 0 Å². The van der Waals surface area contributed by atoms with Crippen LogP contribution in [0.1, 0.15) is 34.8 Å². The summed E-state index contributed by atoms with van der Waals surface area (Å²) in [5.74, 6) is -1.04. The van der Waals surface area contributed by atoms with Crippen LogP contribution >= 0.6 is 11.3 Å². The van der Waals surface area contributed by atoms with E-state index in [9.17, 15) is 14.4 Å². The predicted molar refractivity (Wildman–Crippen MR) is 106 cm³/mol. The van der Waals surface area contributed by atoms with Crippen molar-refractivity contribution in [1.29, 1.82) is 0 Å². The first-order chi connectivity index (χ1) is 13.3. The summed E-state index contributed by atoms with van der Waals surface area (Å²) in [4.78, 5) is 41.9. The molecule has 1 unspecified atom stereocenters. The smallest absolute Gasteiger partial charge is 0.329 e. The lowest BCUT2D eigenvalue weighted by atomic mass is 10.0. The molecular weight excluding hydrogens is 378 g/mol. The SMILES string of the molecule is Cc1ccc2nc(COC(=O)C(NC(=O)c3cccs3)C(C)C)cc(=O)n2c1. The minimum absolute atomic E-state index is 0.142. The summed E-state index contributed by atoms with van der Waals surface area (Å²) < 4.78 is 6.78. The Kier molecular flexibility index (Phi) is 5.89. The molecule has 0 bridgehead atoms. The average Bonchev–Trinajstić information content (AvgIpc) is 3.19. The summed E-state index contributed by atoms with van der Waals surface area (Å²) in [6, 6.07) is 7.60. The van der Waals surface area contributed by atoms with Crippen LogP contribution in [-0.4, -0.2) is 27.3 Å².